The first-order valence-electron chi connectivity index (χ1n) is 16.3. The molecular formula is C48H42Cl2SiZr-4. The first-order valence-corrected chi connectivity index (χ1v) is 20.5. The van der Waals surface area contributed by atoms with Gasteiger partial charge < -0.3 is 14.9 Å². The second-order valence-electron chi connectivity index (χ2n) is 12.3. The Morgan fingerprint density at radius 3 is 1.71 bits per heavy atom. The van der Waals surface area contributed by atoms with Crippen molar-refractivity contribution in [2.75, 3.05) is 0 Å². The molecular weight excluding hydrogens is 767 g/mol. The molecule has 2 radical (unpaired) electrons. The largest absolute Gasteiger partial charge is 0.144 e. The van der Waals surface area contributed by atoms with Gasteiger partial charge in [0.2, 0.25) is 0 Å². The Labute approximate surface area is 338 Å². The van der Waals surface area contributed by atoms with Crippen molar-refractivity contribution >= 4 is 74.8 Å². The van der Waals surface area contributed by atoms with Gasteiger partial charge in [0.15, 0.2) is 0 Å². The summed E-state index contributed by atoms with van der Waals surface area (Å²) in [7, 11) is 0. The molecule has 0 spiro atoms. The zero-order valence-electron chi connectivity index (χ0n) is 30.0. The van der Waals surface area contributed by atoms with Crippen LogP contribution in [0.25, 0.3) is 76.5 Å². The van der Waals surface area contributed by atoms with Crippen LogP contribution in [0.4, 0.5) is 0 Å². The minimum absolute atomic E-state index is 0. The van der Waals surface area contributed by atoms with Gasteiger partial charge >= 0.3 is 30.2 Å². The average molecular weight is 809 g/mol. The maximum absolute atomic E-state index is 3.06. The maximum Gasteiger partial charge on any atom is -0.0112 e. The predicted octanol–water partition coefficient (Wildman–Crippen LogP) is 14.4. The van der Waals surface area contributed by atoms with Crippen molar-refractivity contribution in [2.24, 2.45) is 0 Å². The number of hydrogen-bond donors (Lipinski definition) is 0. The van der Waals surface area contributed by atoms with Crippen LogP contribution in [0.3, 0.4) is 0 Å². The Balaban J connectivity index is 0.000000276. The van der Waals surface area contributed by atoms with Gasteiger partial charge in [0, 0.05) is 0 Å². The molecule has 9 aromatic rings. The van der Waals surface area contributed by atoms with Gasteiger partial charge in [0.05, 0.1) is 0 Å². The van der Waals surface area contributed by atoms with Crippen molar-refractivity contribution in [2.45, 2.75) is 13.8 Å². The van der Waals surface area contributed by atoms with Crippen LogP contribution < -0.4 is 0 Å². The molecule has 0 N–H and O–H groups in total. The van der Waals surface area contributed by atoms with Gasteiger partial charge in [-0.3, -0.25) is 0 Å². The number of rotatable bonds is 3. The van der Waals surface area contributed by atoms with E-state index in [9.17, 15) is 0 Å². The van der Waals surface area contributed by atoms with Crippen LogP contribution >= 0.6 is 24.8 Å². The van der Waals surface area contributed by atoms with E-state index in [4.69, 9.17) is 0 Å². The Kier molecular flexibility index (Phi) is 15.6. The SMILES string of the molecule is Cc1cc2c(-c3ccccc3)ccc(C)c2[cH-]1.Cl.Cl.[CH3-].[CH3-].[Si]=[Zr].c1ccc(-c2cccc3[cH-]c(-c4cccc5c4ccc4ccccc45)cc23)cc1. The van der Waals surface area contributed by atoms with E-state index in [0.29, 0.717) is 0 Å². The summed E-state index contributed by atoms with van der Waals surface area (Å²) in [6.07, 6.45) is 0. The van der Waals surface area contributed by atoms with Crippen molar-refractivity contribution < 1.29 is 23.3 Å². The fraction of sp³-hybridized carbons (Fsp3) is 0.0417. The predicted molar refractivity (Wildman–Crippen MR) is 233 cm³/mol. The molecule has 0 aliphatic rings. The van der Waals surface area contributed by atoms with E-state index in [1.807, 2.05) is 0 Å². The molecule has 4 heteroatoms. The first kappa shape index (κ1) is 42.4. The van der Waals surface area contributed by atoms with Crippen LogP contribution in [-0.2, 0) is 23.3 Å². The molecule has 0 heterocycles. The van der Waals surface area contributed by atoms with Gasteiger partial charge in [-0.1, -0.05) is 164 Å². The number of benzene rings is 7. The molecule has 9 rings (SSSR count). The van der Waals surface area contributed by atoms with Crippen LogP contribution in [0.5, 0.6) is 0 Å². The van der Waals surface area contributed by atoms with Crippen molar-refractivity contribution in [3.05, 3.63) is 196 Å². The Morgan fingerprint density at radius 2 is 1.02 bits per heavy atom. The summed E-state index contributed by atoms with van der Waals surface area (Å²) in [5, 5.41) is 10.6. The van der Waals surface area contributed by atoms with E-state index < -0.39 is 0 Å². The third-order valence-electron chi connectivity index (χ3n) is 9.27. The Bertz CT molecular complexity index is 2510. The van der Waals surface area contributed by atoms with Gasteiger partial charge in [-0.2, -0.15) is 6.07 Å². The first-order chi connectivity index (χ1) is 23.6. The molecule has 0 nitrogen and oxygen atoms in total. The molecule has 0 atom stereocenters. The van der Waals surface area contributed by atoms with Crippen LogP contribution in [0, 0.1) is 28.7 Å². The third kappa shape index (κ3) is 8.43. The van der Waals surface area contributed by atoms with Gasteiger partial charge in [-0.25, -0.2) is 0 Å². The van der Waals surface area contributed by atoms with Gasteiger partial charge in [0.25, 0.3) is 0 Å². The summed E-state index contributed by atoms with van der Waals surface area (Å²) in [6.45, 7) is 7.40. The monoisotopic (exact) mass is 806 g/mol. The van der Waals surface area contributed by atoms with Crippen LogP contribution in [0.1, 0.15) is 11.1 Å². The van der Waals surface area contributed by atoms with Gasteiger partial charge in [-0.05, 0) is 32.7 Å². The molecule has 9 aromatic carbocycles. The zero-order valence-corrected chi connectivity index (χ0v) is 35.1. The fourth-order valence-electron chi connectivity index (χ4n) is 7.01. The van der Waals surface area contributed by atoms with Gasteiger partial charge in [0.1, 0.15) is 0 Å². The normalized spacial score (nSPS) is 10.0. The molecule has 0 aliphatic heterocycles. The van der Waals surface area contributed by atoms with Crippen molar-refractivity contribution in [1.29, 1.82) is 0 Å². The minimum Gasteiger partial charge on any atom is -0.144 e. The van der Waals surface area contributed by atoms with E-state index in [-0.39, 0.29) is 39.7 Å². The number of hydrogen-bond acceptors (Lipinski definition) is 0. The quantitative estimate of drug-likeness (QED) is 0.0947. The van der Waals surface area contributed by atoms with E-state index >= 15 is 0 Å². The van der Waals surface area contributed by atoms with Crippen molar-refractivity contribution in [1.82, 2.24) is 0 Å². The summed E-state index contributed by atoms with van der Waals surface area (Å²) in [5.74, 6) is 0. The molecule has 0 amide bonds. The average Bonchev–Trinajstić information content (AvgIpc) is 3.77. The van der Waals surface area contributed by atoms with Crippen molar-refractivity contribution in [3.8, 4) is 33.4 Å². The Hall–Kier alpha value is -4.04. The smallest absolute Gasteiger partial charge is 0.0112 e. The van der Waals surface area contributed by atoms with Crippen molar-refractivity contribution in [3.63, 3.8) is 0 Å². The molecule has 0 unspecified atom stereocenters. The van der Waals surface area contributed by atoms with E-state index in [0.717, 1.165) is 0 Å². The maximum atomic E-state index is 3.06. The van der Waals surface area contributed by atoms with E-state index in [1.54, 1.807) is 0 Å². The standard InChI is InChI=1S/C29H19.C17H15.2CH3.2ClH.Si.Zr/c1-2-8-20(9-3-1)25-13-6-11-22-18-23(19-29(22)25)26-14-7-15-27-24-12-5-4-10-21(24)16-17-28(26)27;1-12-10-16-13(2)8-9-15(17(16)11-12)14-6-4-3-5-7-14;;;;;;/h1-19H;3-11H,1-2H3;2*1H3;2*1H;;/q4*-1;;;;. The molecule has 0 saturated carbocycles. The number of aryl methyl sites for hydroxylation is 2. The second-order valence-corrected chi connectivity index (χ2v) is 12.3. The molecule has 260 valence electrons. The summed E-state index contributed by atoms with van der Waals surface area (Å²) in [5.41, 5.74) is 10.5. The fourth-order valence-corrected chi connectivity index (χ4v) is 7.01. The third-order valence-corrected chi connectivity index (χ3v) is 9.27. The second kappa shape index (κ2) is 19.2. The topological polar surface area (TPSA) is 0 Å². The summed E-state index contributed by atoms with van der Waals surface area (Å²) in [4.78, 5) is 0. The summed E-state index contributed by atoms with van der Waals surface area (Å²) < 4.78 is 0. The molecule has 0 aliphatic carbocycles. The molecule has 0 bridgehead atoms. The van der Waals surface area contributed by atoms with Crippen LogP contribution in [0.15, 0.2) is 170 Å². The van der Waals surface area contributed by atoms with Crippen LogP contribution in [-0.4, -0.2) is 6.88 Å². The number of fused-ring (bicyclic) bond motifs is 5. The van der Waals surface area contributed by atoms with Crippen LogP contribution in [0.2, 0.25) is 0 Å². The van der Waals surface area contributed by atoms with Gasteiger partial charge in [-0.15, -0.1) is 93.4 Å². The molecule has 0 saturated heterocycles. The molecule has 0 aromatic heterocycles. The summed E-state index contributed by atoms with van der Waals surface area (Å²) in [6, 6.07) is 61.3. The molecule has 0 fully saturated rings. The zero-order chi connectivity index (χ0) is 33.0. The molecule has 52 heavy (non-hydrogen) atoms. The summed E-state index contributed by atoms with van der Waals surface area (Å²) >= 11 is 1.36. The van der Waals surface area contributed by atoms with E-state index in [2.05, 4.69) is 191 Å². The van der Waals surface area contributed by atoms with E-state index in [1.165, 1.54) is 111 Å². The Morgan fingerprint density at radius 1 is 0.442 bits per heavy atom. The number of halogens is 2. The minimum atomic E-state index is 0.